The van der Waals surface area contributed by atoms with Crippen molar-refractivity contribution in [3.8, 4) is 0 Å². The van der Waals surface area contributed by atoms with Crippen LogP contribution in [0.1, 0.15) is 44.7 Å². The summed E-state index contributed by atoms with van der Waals surface area (Å²) in [5.74, 6) is 0.733. The van der Waals surface area contributed by atoms with Crippen LogP contribution in [-0.2, 0) is 0 Å². The molecule has 0 radical (unpaired) electrons. The smallest absolute Gasteiger partial charge is 0.0406 e. The van der Waals surface area contributed by atoms with Crippen LogP contribution in [0.3, 0.4) is 0 Å². The molecule has 1 aromatic carbocycles. The van der Waals surface area contributed by atoms with Crippen molar-refractivity contribution in [1.82, 2.24) is 4.90 Å². The Hall–Kier alpha value is -0.530. The van der Waals surface area contributed by atoms with E-state index < -0.39 is 0 Å². The molecule has 0 saturated carbocycles. The molecule has 2 rings (SSSR count). The van der Waals surface area contributed by atoms with Gasteiger partial charge in [-0.25, -0.2) is 0 Å². The predicted octanol–water partition coefficient (Wildman–Crippen LogP) is 4.52. The molecule has 1 atom stereocenters. The Morgan fingerprint density at radius 3 is 2.24 bits per heavy atom. The summed E-state index contributed by atoms with van der Waals surface area (Å²) in [4.78, 5) is 2.63. The zero-order chi connectivity index (χ0) is 12.3. The minimum atomic E-state index is 0.578. The third-order valence-corrected chi connectivity index (χ3v) is 3.78. The van der Waals surface area contributed by atoms with Gasteiger partial charge in [0.05, 0.1) is 0 Å². The average Bonchev–Trinajstić information content (AvgIpc) is 2.80. The van der Waals surface area contributed by atoms with Crippen molar-refractivity contribution in [2.24, 2.45) is 5.92 Å². The molecule has 1 heterocycles. The summed E-state index contributed by atoms with van der Waals surface area (Å²) in [6.07, 6.45) is 3.94. The van der Waals surface area contributed by atoms with Gasteiger partial charge in [0.2, 0.25) is 0 Å². The number of likely N-dealkylation sites (tertiary alicyclic amines) is 1. The molecule has 0 aromatic heterocycles. The third kappa shape index (κ3) is 3.46. The summed E-state index contributed by atoms with van der Waals surface area (Å²) in [6, 6.07) is 8.98. The zero-order valence-corrected chi connectivity index (χ0v) is 11.6. The molecule has 1 aliphatic rings. The van der Waals surface area contributed by atoms with Crippen LogP contribution >= 0.6 is 11.6 Å². The second kappa shape index (κ2) is 5.88. The number of nitrogens with zero attached hydrogens (tertiary/aromatic N) is 1. The Morgan fingerprint density at radius 1 is 1.12 bits per heavy atom. The molecule has 94 valence electrons. The van der Waals surface area contributed by atoms with Gasteiger partial charge < -0.3 is 0 Å². The van der Waals surface area contributed by atoms with Gasteiger partial charge in [-0.05, 0) is 56.0 Å². The number of halogens is 1. The standard InChI is InChI=1S/C15H22ClN/c1-12(2)11-15(17-9-3-4-10-17)13-5-7-14(16)8-6-13/h5-8,12,15H,3-4,9-11H2,1-2H3. The molecule has 0 bridgehead atoms. The highest BCUT2D eigenvalue weighted by Crippen LogP contribution is 2.31. The van der Waals surface area contributed by atoms with Crippen molar-refractivity contribution in [2.45, 2.75) is 39.2 Å². The lowest BCUT2D eigenvalue weighted by atomic mass is 9.96. The molecule has 0 N–H and O–H groups in total. The maximum atomic E-state index is 5.97. The Labute approximate surface area is 110 Å². The molecule has 1 aromatic rings. The second-order valence-electron chi connectivity index (χ2n) is 5.44. The lowest BCUT2D eigenvalue weighted by Gasteiger charge is -2.29. The van der Waals surface area contributed by atoms with E-state index in [1.165, 1.54) is 37.9 Å². The van der Waals surface area contributed by atoms with E-state index in [-0.39, 0.29) is 0 Å². The predicted molar refractivity (Wildman–Crippen MR) is 74.5 cm³/mol. The molecular weight excluding hydrogens is 230 g/mol. The summed E-state index contributed by atoms with van der Waals surface area (Å²) in [6.45, 7) is 7.11. The lowest BCUT2D eigenvalue weighted by Crippen LogP contribution is -2.26. The highest BCUT2D eigenvalue weighted by Gasteiger charge is 2.23. The van der Waals surface area contributed by atoms with E-state index in [1.54, 1.807) is 0 Å². The van der Waals surface area contributed by atoms with Gasteiger partial charge in [0.1, 0.15) is 0 Å². The van der Waals surface area contributed by atoms with Crippen molar-refractivity contribution in [2.75, 3.05) is 13.1 Å². The van der Waals surface area contributed by atoms with Crippen molar-refractivity contribution >= 4 is 11.6 Å². The average molecular weight is 252 g/mol. The summed E-state index contributed by atoms with van der Waals surface area (Å²) in [7, 11) is 0. The Balaban J connectivity index is 2.16. The molecule has 0 aliphatic carbocycles. The number of rotatable bonds is 4. The van der Waals surface area contributed by atoms with Gasteiger partial charge in [-0.15, -0.1) is 0 Å². The topological polar surface area (TPSA) is 3.24 Å². The lowest BCUT2D eigenvalue weighted by molar-refractivity contribution is 0.215. The molecular formula is C15H22ClN. The molecule has 1 saturated heterocycles. The number of hydrogen-bond donors (Lipinski definition) is 0. The van der Waals surface area contributed by atoms with Crippen LogP contribution in [0.25, 0.3) is 0 Å². The van der Waals surface area contributed by atoms with E-state index in [9.17, 15) is 0 Å². The van der Waals surface area contributed by atoms with Gasteiger partial charge in [-0.3, -0.25) is 4.90 Å². The van der Waals surface area contributed by atoms with Crippen LogP contribution < -0.4 is 0 Å². The summed E-state index contributed by atoms with van der Waals surface area (Å²) in [5, 5.41) is 0.832. The third-order valence-electron chi connectivity index (χ3n) is 3.53. The minimum absolute atomic E-state index is 0.578. The number of hydrogen-bond acceptors (Lipinski definition) is 1. The first-order valence-corrected chi connectivity index (χ1v) is 7.04. The molecule has 0 spiro atoms. The van der Waals surface area contributed by atoms with Crippen LogP contribution in [0.15, 0.2) is 24.3 Å². The van der Waals surface area contributed by atoms with E-state index in [2.05, 4.69) is 30.9 Å². The zero-order valence-electron chi connectivity index (χ0n) is 10.8. The van der Waals surface area contributed by atoms with Gasteiger partial charge >= 0.3 is 0 Å². The maximum Gasteiger partial charge on any atom is 0.0406 e. The molecule has 1 nitrogen and oxygen atoms in total. The Kier molecular flexibility index (Phi) is 4.47. The summed E-state index contributed by atoms with van der Waals surface area (Å²) >= 11 is 5.97. The van der Waals surface area contributed by atoms with Gasteiger partial charge in [0, 0.05) is 11.1 Å². The van der Waals surface area contributed by atoms with E-state index in [0.29, 0.717) is 6.04 Å². The fourth-order valence-corrected chi connectivity index (χ4v) is 2.81. The first-order valence-electron chi connectivity index (χ1n) is 6.66. The Bertz CT molecular complexity index is 338. The van der Waals surface area contributed by atoms with Crippen molar-refractivity contribution in [3.05, 3.63) is 34.9 Å². The first kappa shape index (κ1) is 12.9. The largest absolute Gasteiger partial charge is 0.296 e. The van der Waals surface area contributed by atoms with Gasteiger partial charge in [-0.1, -0.05) is 37.6 Å². The second-order valence-corrected chi connectivity index (χ2v) is 5.88. The van der Waals surface area contributed by atoms with Gasteiger partial charge in [0.25, 0.3) is 0 Å². The SMILES string of the molecule is CC(C)CC(c1ccc(Cl)cc1)N1CCCC1. The molecule has 2 heteroatoms. The van der Waals surface area contributed by atoms with Crippen LogP contribution in [0, 0.1) is 5.92 Å². The summed E-state index contributed by atoms with van der Waals surface area (Å²) < 4.78 is 0. The maximum absolute atomic E-state index is 5.97. The monoisotopic (exact) mass is 251 g/mol. The molecule has 17 heavy (non-hydrogen) atoms. The normalized spacial score (nSPS) is 18.8. The first-order chi connectivity index (χ1) is 8.16. The minimum Gasteiger partial charge on any atom is -0.296 e. The van der Waals surface area contributed by atoms with Crippen molar-refractivity contribution in [1.29, 1.82) is 0 Å². The van der Waals surface area contributed by atoms with E-state index in [1.807, 2.05) is 12.1 Å². The van der Waals surface area contributed by atoms with Gasteiger partial charge in [0.15, 0.2) is 0 Å². The van der Waals surface area contributed by atoms with Crippen molar-refractivity contribution in [3.63, 3.8) is 0 Å². The fourth-order valence-electron chi connectivity index (χ4n) is 2.68. The summed E-state index contributed by atoms with van der Waals surface area (Å²) in [5.41, 5.74) is 1.42. The highest BCUT2D eigenvalue weighted by atomic mass is 35.5. The van der Waals surface area contributed by atoms with E-state index in [4.69, 9.17) is 11.6 Å². The fraction of sp³-hybridized carbons (Fsp3) is 0.600. The van der Waals surface area contributed by atoms with E-state index in [0.717, 1.165) is 10.9 Å². The molecule has 1 unspecified atom stereocenters. The molecule has 0 amide bonds. The quantitative estimate of drug-likeness (QED) is 0.760. The molecule has 1 aliphatic heterocycles. The van der Waals surface area contributed by atoms with Crippen LogP contribution in [0.4, 0.5) is 0 Å². The van der Waals surface area contributed by atoms with Crippen molar-refractivity contribution < 1.29 is 0 Å². The van der Waals surface area contributed by atoms with E-state index >= 15 is 0 Å². The molecule has 1 fully saturated rings. The number of benzene rings is 1. The van der Waals surface area contributed by atoms with Crippen LogP contribution in [0.5, 0.6) is 0 Å². The highest BCUT2D eigenvalue weighted by molar-refractivity contribution is 6.30. The Morgan fingerprint density at radius 2 is 1.71 bits per heavy atom. The van der Waals surface area contributed by atoms with Crippen LogP contribution in [-0.4, -0.2) is 18.0 Å². The van der Waals surface area contributed by atoms with Gasteiger partial charge in [-0.2, -0.15) is 0 Å². The van der Waals surface area contributed by atoms with Crippen LogP contribution in [0.2, 0.25) is 5.02 Å².